The first-order chi connectivity index (χ1) is 9.44. The highest BCUT2D eigenvalue weighted by atomic mass is 79.9. The summed E-state index contributed by atoms with van der Waals surface area (Å²) in [5, 5.41) is 0.182. The van der Waals surface area contributed by atoms with Gasteiger partial charge in [0.1, 0.15) is 4.90 Å². The second-order valence-electron chi connectivity index (χ2n) is 3.58. The molecule has 0 aliphatic heterocycles. The molecular formula is C10H9BrClN5O2S. The van der Waals surface area contributed by atoms with E-state index in [0.717, 1.165) is 0 Å². The van der Waals surface area contributed by atoms with Gasteiger partial charge in [-0.15, -0.1) is 0 Å². The van der Waals surface area contributed by atoms with Gasteiger partial charge in [0.25, 0.3) is 10.0 Å². The first kappa shape index (κ1) is 15.0. The van der Waals surface area contributed by atoms with Gasteiger partial charge in [-0.25, -0.2) is 24.2 Å². The van der Waals surface area contributed by atoms with Crippen molar-refractivity contribution in [2.75, 3.05) is 10.1 Å². The molecule has 0 saturated heterocycles. The second kappa shape index (κ2) is 5.92. The van der Waals surface area contributed by atoms with Gasteiger partial charge in [0.2, 0.25) is 0 Å². The van der Waals surface area contributed by atoms with Gasteiger partial charge in [-0.05, 0) is 34.1 Å². The Morgan fingerprint density at radius 3 is 2.70 bits per heavy atom. The van der Waals surface area contributed by atoms with Crippen molar-refractivity contribution in [1.82, 2.24) is 9.97 Å². The van der Waals surface area contributed by atoms with E-state index in [1.165, 1.54) is 24.5 Å². The van der Waals surface area contributed by atoms with E-state index in [-0.39, 0.29) is 21.6 Å². The SMILES string of the molecule is NNc1ncc(Br)cc1S(=O)(=O)Nc1ncccc1Cl. The van der Waals surface area contributed by atoms with Crippen LogP contribution in [0.15, 0.2) is 40.0 Å². The highest BCUT2D eigenvalue weighted by Crippen LogP contribution is 2.26. The van der Waals surface area contributed by atoms with Crippen LogP contribution in [0.4, 0.5) is 11.6 Å². The molecule has 0 amide bonds. The predicted octanol–water partition coefficient (Wildman–Crippen LogP) is 1.98. The van der Waals surface area contributed by atoms with Gasteiger partial charge in [0, 0.05) is 16.9 Å². The Labute approximate surface area is 128 Å². The van der Waals surface area contributed by atoms with Gasteiger partial charge in [-0.3, -0.25) is 4.72 Å². The molecule has 4 N–H and O–H groups in total. The molecule has 0 aromatic carbocycles. The Balaban J connectivity index is 2.46. The van der Waals surface area contributed by atoms with E-state index in [1.807, 2.05) is 0 Å². The van der Waals surface area contributed by atoms with Crippen molar-refractivity contribution in [1.29, 1.82) is 0 Å². The van der Waals surface area contributed by atoms with Crippen molar-refractivity contribution in [3.05, 3.63) is 40.1 Å². The summed E-state index contributed by atoms with van der Waals surface area (Å²) in [6.45, 7) is 0. The number of sulfonamides is 1. The number of nitrogens with two attached hydrogens (primary N) is 1. The van der Waals surface area contributed by atoms with Crippen molar-refractivity contribution in [3.63, 3.8) is 0 Å². The van der Waals surface area contributed by atoms with Crippen LogP contribution in [0, 0.1) is 0 Å². The summed E-state index contributed by atoms with van der Waals surface area (Å²) >= 11 is 9.02. The van der Waals surface area contributed by atoms with E-state index in [9.17, 15) is 8.42 Å². The van der Waals surface area contributed by atoms with Crippen LogP contribution in [0.5, 0.6) is 0 Å². The third kappa shape index (κ3) is 3.18. The fraction of sp³-hybridized carbons (Fsp3) is 0. The minimum absolute atomic E-state index is 0.00718. The van der Waals surface area contributed by atoms with Crippen LogP contribution in [0.25, 0.3) is 0 Å². The second-order valence-corrected chi connectivity index (χ2v) is 6.56. The number of nitrogen functional groups attached to an aromatic ring is 1. The van der Waals surface area contributed by atoms with Crippen molar-refractivity contribution in [2.24, 2.45) is 5.84 Å². The van der Waals surface area contributed by atoms with Crippen LogP contribution in [0.2, 0.25) is 5.02 Å². The molecule has 0 fully saturated rings. The summed E-state index contributed by atoms with van der Waals surface area (Å²) in [7, 11) is -3.93. The van der Waals surface area contributed by atoms with Crippen LogP contribution >= 0.6 is 27.5 Å². The molecule has 106 valence electrons. The molecule has 0 atom stereocenters. The third-order valence-corrected chi connectivity index (χ3v) is 4.33. The molecule has 0 unspecified atom stereocenters. The maximum absolute atomic E-state index is 12.3. The number of hydrazine groups is 1. The van der Waals surface area contributed by atoms with E-state index in [4.69, 9.17) is 17.4 Å². The lowest BCUT2D eigenvalue weighted by atomic mass is 10.5. The molecule has 0 bridgehead atoms. The molecule has 2 rings (SSSR count). The zero-order chi connectivity index (χ0) is 14.8. The fourth-order valence-electron chi connectivity index (χ4n) is 1.38. The summed E-state index contributed by atoms with van der Waals surface area (Å²) in [6.07, 6.45) is 2.84. The van der Waals surface area contributed by atoms with Gasteiger partial charge in [-0.1, -0.05) is 11.6 Å². The summed E-state index contributed by atoms with van der Waals surface area (Å²) in [6, 6.07) is 4.47. The fourth-order valence-corrected chi connectivity index (χ4v) is 3.26. The summed E-state index contributed by atoms with van der Waals surface area (Å²) in [5.41, 5.74) is 2.22. The highest BCUT2D eigenvalue weighted by molar-refractivity contribution is 9.10. The Hall–Kier alpha value is -1.42. The van der Waals surface area contributed by atoms with E-state index in [1.54, 1.807) is 6.07 Å². The number of pyridine rings is 2. The molecule has 2 aromatic heterocycles. The maximum Gasteiger partial charge on any atom is 0.266 e. The van der Waals surface area contributed by atoms with Gasteiger partial charge in [0.05, 0.1) is 5.02 Å². The predicted molar refractivity (Wildman–Crippen MR) is 79.8 cm³/mol. The lowest BCUT2D eigenvalue weighted by molar-refractivity contribution is 0.601. The average molecular weight is 379 g/mol. The van der Waals surface area contributed by atoms with Gasteiger partial charge in [-0.2, -0.15) is 0 Å². The number of hydrogen-bond donors (Lipinski definition) is 3. The molecular weight excluding hydrogens is 370 g/mol. The van der Waals surface area contributed by atoms with Crippen LogP contribution in [0.3, 0.4) is 0 Å². The Morgan fingerprint density at radius 1 is 1.30 bits per heavy atom. The smallest absolute Gasteiger partial charge is 0.266 e. The van der Waals surface area contributed by atoms with Gasteiger partial charge < -0.3 is 5.43 Å². The topological polar surface area (TPSA) is 110 Å². The number of rotatable bonds is 4. The maximum atomic E-state index is 12.3. The standard InChI is InChI=1S/C10H9BrClN5O2S/c11-6-4-8(10(16-13)15-5-6)20(18,19)17-9-7(12)2-1-3-14-9/h1-5H,13H2,(H,14,17)(H,15,16). The number of nitrogens with one attached hydrogen (secondary N) is 2. The largest absolute Gasteiger partial charge is 0.307 e. The minimum Gasteiger partial charge on any atom is -0.307 e. The van der Waals surface area contributed by atoms with Crippen LogP contribution in [-0.2, 0) is 10.0 Å². The van der Waals surface area contributed by atoms with E-state index in [2.05, 4.69) is 36.0 Å². The van der Waals surface area contributed by atoms with Crippen molar-refractivity contribution >= 4 is 49.2 Å². The molecule has 0 aliphatic carbocycles. The van der Waals surface area contributed by atoms with Crippen molar-refractivity contribution in [2.45, 2.75) is 4.90 Å². The third-order valence-electron chi connectivity index (χ3n) is 2.24. The Morgan fingerprint density at radius 2 is 2.05 bits per heavy atom. The quantitative estimate of drug-likeness (QED) is 0.554. The highest BCUT2D eigenvalue weighted by Gasteiger charge is 2.21. The molecule has 20 heavy (non-hydrogen) atoms. The monoisotopic (exact) mass is 377 g/mol. The molecule has 2 aromatic rings. The normalized spacial score (nSPS) is 11.2. The van der Waals surface area contributed by atoms with Crippen LogP contribution in [-0.4, -0.2) is 18.4 Å². The molecule has 0 saturated carbocycles. The van der Waals surface area contributed by atoms with Crippen molar-refractivity contribution in [3.8, 4) is 0 Å². The van der Waals surface area contributed by atoms with Crippen LogP contribution in [0.1, 0.15) is 0 Å². The molecule has 0 aliphatic rings. The van der Waals surface area contributed by atoms with Gasteiger partial charge in [0.15, 0.2) is 11.6 Å². The van der Waals surface area contributed by atoms with E-state index in [0.29, 0.717) is 4.47 Å². The minimum atomic E-state index is -3.93. The molecule has 7 nitrogen and oxygen atoms in total. The summed E-state index contributed by atoms with van der Waals surface area (Å²) in [4.78, 5) is 7.60. The Bertz CT molecular complexity index is 740. The van der Waals surface area contributed by atoms with Gasteiger partial charge >= 0.3 is 0 Å². The lowest BCUT2D eigenvalue weighted by Gasteiger charge is -2.11. The number of nitrogens with zero attached hydrogens (tertiary/aromatic N) is 2. The average Bonchev–Trinajstić information content (AvgIpc) is 2.41. The summed E-state index contributed by atoms with van der Waals surface area (Å²) < 4.78 is 27.4. The van der Waals surface area contributed by atoms with Crippen molar-refractivity contribution < 1.29 is 8.42 Å². The number of hydrogen-bond acceptors (Lipinski definition) is 6. The molecule has 0 spiro atoms. The molecule has 0 radical (unpaired) electrons. The first-order valence-corrected chi connectivity index (χ1v) is 7.85. The number of halogens is 2. The van der Waals surface area contributed by atoms with E-state index >= 15 is 0 Å². The van der Waals surface area contributed by atoms with E-state index < -0.39 is 10.0 Å². The molecule has 2 heterocycles. The number of aromatic nitrogens is 2. The van der Waals surface area contributed by atoms with Crippen LogP contribution < -0.4 is 16.0 Å². The Kier molecular flexibility index (Phi) is 4.43. The first-order valence-electron chi connectivity index (χ1n) is 5.19. The lowest BCUT2D eigenvalue weighted by Crippen LogP contribution is -2.19. The zero-order valence-electron chi connectivity index (χ0n) is 9.84. The molecule has 10 heteroatoms. The number of anilines is 2. The summed E-state index contributed by atoms with van der Waals surface area (Å²) in [5.74, 6) is 5.29. The zero-order valence-corrected chi connectivity index (χ0v) is 13.0.